The van der Waals surface area contributed by atoms with Crippen molar-refractivity contribution in [3.8, 4) is 11.5 Å². The molecule has 4 rings (SSSR count). The summed E-state index contributed by atoms with van der Waals surface area (Å²) in [6.07, 6.45) is 1.82. The zero-order valence-electron chi connectivity index (χ0n) is 14.8. The fraction of sp³-hybridized carbons (Fsp3) is 0.333. The molecule has 0 spiro atoms. The molecular weight excluding hydrogens is 426 g/mol. The molecule has 0 atom stereocenters. The number of ether oxygens (including phenoxy) is 1. The fourth-order valence-corrected chi connectivity index (χ4v) is 6.25. The van der Waals surface area contributed by atoms with Crippen molar-refractivity contribution in [2.24, 2.45) is 0 Å². The van der Waals surface area contributed by atoms with Gasteiger partial charge in [-0.1, -0.05) is 16.5 Å². The highest BCUT2D eigenvalue weighted by Gasteiger charge is 2.29. The van der Waals surface area contributed by atoms with Gasteiger partial charge < -0.3 is 14.6 Å². The lowest BCUT2D eigenvalue weighted by Crippen LogP contribution is -2.11. The quantitative estimate of drug-likeness (QED) is 0.616. The van der Waals surface area contributed by atoms with Crippen molar-refractivity contribution in [1.29, 1.82) is 0 Å². The number of hydrogen-bond acceptors (Lipinski definition) is 10. The summed E-state index contributed by atoms with van der Waals surface area (Å²) in [5.41, 5.74) is 1.53. The first-order chi connectivity index (χ1) is 13.3. The Morgan fingerprint density at radius 1 is 1.32 bits per heavy atom. The van der Waals surface area contributed by atoms with Crippen LogP contribution in [-0.4, -0.2) is 36.1 Å². The maximum Gasteiger partial charge on any atom is 0.273 e. The summed E-state index contributed by atoms with van der Waals surface area (Å²) in [6.45, 7) is 3.95. The van der Waals surface area contributed by atoms with Crippen LogP contribution in [0.4, 0.5) is 10.1 Å². The molecule has 3 aromatic heterocycles. The molecule has 3 aromatic rings. The van der Waals surface area contributed by atoms with E-state index < -0.39 is 10.0 Å². The van der Waals surface area contributed by atoms with Crippen molar-refractivity contribution in [3.05, 3.63) is 22.5 Å². The second-order valence-electron chi connectivity index (χ2n) is 5.93. The highest BCUT2D eigenvalue weighted by atomic mass is 32.2. The molecule has 0 bridgehead atoms. The topological polar surface area (TPSA) is 136 Å². The molecule has 0 fully saturated rings. The Morgan fingerprint density at radius 3 is 2.86 bits per heavy atom. The molecule has 0 aromatic carbocycles. The second kappa shape index (κ2) is 7.24. The van der Waals surface area contributed by atoms with Crippen LogP contribution in [0.15, 0.2) is 14.9 Å². The van der Waals surface area contributed by atoms with Gasteiger partial charge in [-0.3, -0.25) is 9.52 Å². The molecule has 2 N–H and O–H groups in total. The third-order valence-corrected chi connectivity index (χ3v) is 7.79. The van der Waals surface area contributed by atoms with Gasteiger partial charge in [0.1, 0.15) is 5.00 Å². The smallest absolute Gasteiger partial charge is 0.273 e. The standard InChI is InChI=1S/C15H15N5O5S3/c1-7-17-13(25-19-7)12-9-3-4-24-6-10(9)26-14(12)20-28(22,23)11-5-16-15(27-11)18-8(2)21/h5,20H,3-4,6H2,1-2H3,(H,16,18,21). The third kappa shape index (κ3) is 3.65. The van der Waals surface area contributed by atoms with E-state index in [0.717, 1.165) is 21.8 Å². The first-order valence-corrected chi connectivity index (χ1v) is 11.2. The summed E-state index contributed by atoms with van der Waals surface area (Å²) in [7, 11) is -3.92. The van der Waals surface area contributed by atoms with E-state index in [2.05, 4.69) is 25.2 Å². The number of thiophene rings is 1. The minimum absolute atomic E-state index is 0.0217. The number of thiazole rings is 1. The van der Waals surface area contributed by atoms with Gasteiger partial charge in [-0.2, -0.15) is 4.98 Å². The first kappa shape index (κ1) is 19.0. The lowest BCUT2D eigenvalue weighted by atomic mass is 10.1. The molecular formula is C15H15N5O5S3. The molecule has 10 nitrogen and oxygen atoms in total. The average Bonchev–Trinajstić information content (AvgIpc) is 3.32. The fourth-order valence-electron chi connectivity index (χ4n) is 2.69. The monoisotopic (exact) mass is 441 g/mol. The number of sulfonamides is 1. The van der Waals surface area contributed by atoms with Crippen LogP contribution in [0.25, 0.3) is 11.5 Å². The Hall–Kier alpha value is -2.35. The molecule has 13 heteroatoms. The van der Waals surface area contributed by atoms with Gasteiger partial charge in [-0.15, -0.1) is 11.3 Å². The van der Waals surface area contributed by atoms with Crippen molar-refractivity contribution < 1.29 is 22.5 Å². The van der Waals surface area contributed by atoms with Gasteiger partial charge in [0.2, 0.25) is 5.91 Å². The Balaban J connectivity index is 1.72. The van der Waals surface area contributed by atoms with E-state index in [1.165, 1.54) is 24.5 Å². The number of anilines is 2. The van der Waals surface area contributed by atoms with E-state index in [4.69, 9.17) is 9.26 Å². The van der Waals surface area contributed by atoms with Gasteiger partial charge in [-0.05, 0) is 18.9 Å². The van der Waals surface area contributed by atoms with Crippen molar-refractivity contribution in [1.82, 2.24) is 15.1 Å². The normalized spacial score (nSPS) is 13.9. The van der Waals surface area contributed by atoms with Crippen molar-refractivity contribution in [2.75, 3.05) is 16.6 Å². The molecule has 28 heavy (non-hydrogen) atoms. The lowest BCUT2D eigenvalue weighted by Gasteiger charge is -2.12. The van der Waals surface area contributed by atoms with Crippen LogP contribution >= 0.6 is 22.7 Å². The molecule has 0 aliphatic carbocycles. The SMILES string of the molecule is CC(=O)Nc1ncc(S(=O)(=O)Nc2sc3c(c2-c2nc(C)no2)CCOC3)s1. The largest absolute Gasteiger partial charge is 0.376 e. The van der Waals surface area contributed by atoms with Crippen LogP contribution in [-0.2, 0) is 32.6 Å². The lowest BCUT2D eigenvalue weighted by molar-refractivity contribution is -0.114. The first-order valence-electron chi connectivity index (χ1n) is 8.12. The molecule has 4 heterocycles. The molecule has 0 saturated heterocycles. The molecule has 0 radical (unpaired) electrons. The van der Waals surface area contributed by atoms with Gasteiger partial charge in [0.15, 0.2) is 15.2 Å². The number of hydrogen-bond donors (Lipinski definition) is 2. The number of nitrogens with one attached hydrogen (secondary N) is 2. The van der Waals surface area contributed by atoms with Gasteiger partial charge in [0.05, 0.1) is 25.0 Å². The van der Waals surface area contributed by atoms with E-state index >= 15 is 0 Å². The maximum absolute atomic E-state index is 12.9. The Labute approximate surface area is 168 Å². The molecule has 0 unspecified atom stereocenters. The molecule has 1 aliphatic rings. The van der Waals surface area contributed by atoms with E-state index in [1.54, 1.807) is 6.92 Å². The van der Waals surface area contributed by atoms with Crippen LogP contribution < -0.4 is 10.0 Å². The molecule has 0 saturated carbocycles. The summed E-state index contributed by atoms with van der Waals surface area (Å²) in [5.74, 6) is 0.391. The number of amides is 1. The number of fused-ring (bicyclic) bond motifs is 1. The van der Waals surface area contributed by atoms with E-state index in [9.17, 15) is 13.2 Å². The minimum atomic E-state index is -3.92. The highest BCUT2D eigenvalue weighted by molar-refractivity contribution is 7.95. The number of rotatable bonds is 5. The minimum Gasteiger partial charge on any atom is -0.376 e. The Bertz CT molecular complexity index is 1150. The van der Waals surface area contributed by atoms with E-state index in [-0.39, 0.29) is 21.1 Å². The molecule has 1 amide bonds. The predicted molar refractivity (Wildman–Crippen MR) is 103 cm³/mol. The number of nitrogens with zero attached hydrogens (tertiary/aromatic N) is 3. The van der Waals surface area contributed by atoms with Crippen LogP contribution in [0.3, 0.4) is 0 Å². The second-order valence-corrected chi connectivity index (χ2v) is 9.97. The van der Waals surface area contributed by atoms with Crippen LogP contribution in [0.2, 0.25) is 0 Å². The predicted octanol–water partition coefficient (Wildman–Crippen LogP) is 2.39. The van der Waals surface area contributed by atoms with Gasteiger partial charge >= 0.3 is 0 Å². The van der Waals surface area contributed by atoms with Gasteiger partial charge in [-0.25, -0.2) is 13.4 Å². The highest BCUT2D eigenvalue weighted by Crippen LogP contribution is 2.43. The third-order valence-electron chi connectivity index (χ3n) is 3.82. The summed E-state index contributed by atoms with van der Waals surface area (Å²) >= 11 is 2.14. The van der Waals surface area contributed by atoms with Crippen molar-refractivity contribution in [2.45, 2.75) is 31.1 Å². The number of carbonyl (C=O) groups excluding carboxylic acids is 1. The number of carbonyl (C=O) groups is 1. The van der Waals surface area contributed by atoms with E-state index in [1.807, 2.05) is 0 Å². The summed E-state index contributed by atoms with van der Waals surface area (Å²) in [5, 5.41) is 6.87. The zero-order valence-corrected chi connectivity index (χ0v) is 17.3. The van der Waals surface area contributed by atoms with E-state index in [0.29, 0.717) is 36.0 Å². The van der Waals surface area contributed by atoms with Crippen LogP contribution in [0.1, 0.15) is 23.2 Å². The zero-order chi connectivity index (χ0) is 19.9. The Kier molecular flexibility index (Phi) is 4.91. The van der Waals surface area contributed by atoms with Gasteiger partial charge in [0.25, 0.3) is 15.9 Å². The van der Waals surface area contributed by atoms with Gasteiger partial charge in [0, 0.05) is 11.8 Å². The summed E-state index contributed by atoms with van der Waals surface area (Å²) < 4.78 is 39.1. The number of aryl methyl sites for hydroxylation is 1. The van der Waals surface area contributed by atoms with Crippen LogP contribution in [0.5, 0.6) is 0 Å². The number of aromatic nitrogens is 3. The average molecular weight is 442 g/mol. The molecule has 148 valence electrons. The Morgan fingerprint density at radius 2 is 2.14 bits per heavy atom. The molecule has 1 aliphatic heterocycles. The maximum atomic E-state index is 12.9. The summed E-state index contributed by atoms with van der Waals surface area (Å²) in [6, 6.07) is 0. The van der Waals surface area contributed by atoms with Crippen molar-refractivity contribution in [3.63, 3.8) is 0 Å². The van der Waals surface area contributed by atoms with Crippen LogP contribution in [0, 0.1) is 6.92 Å². The van der Waals surface area contributed by atoms with Crippen molar-refractivity contribution >= 4 is 48.7 Å². The summed E-state index contributed by atoms with van der Waals surface area (Å²) in [4.78, 5) is 20.2.